The van der Waals surface area contributed by atoms with Gasteiger partial charge in [0.05, 0.1) is 11.4 Å². The van der Waals surface area contributed by atoms with Gasteiger partial charge in [0.15, 0.2) is 5.78 Å². The molecule has 0 aromatic heterocycles. The zero-order valence-electron chi connectivity index (χ0n) is 16.1. The molecule has 0 radical (unpaired) electrons. The first-order chi connectivity index (χ1) is 12.7. The summed E-state index contributed by atoms with van der Waals surface area (Å²) < 4.78 is 26.4. The van der Waals surface area contributed by atoms with Gasteiger partial charge in [0, 0.05) is 18.7 Å². The van der Waals surface area contributed by atoms with Gasteiger partial charge in [-0.05, 0) is 63.0 Å². The van der Waals surface area contributed by atoms with Gasteiger partial charge >= 0.3 is 0 Å². The van der Waals surface area contributed by atoms with Crippen molar-refractivity contribution in [2.75, 3.05) is 13.6 Å². The van der Waals surface area contributed by atoms with E-state index in [1.165, 1.54) is 63.9 Å². The molecule has 2 bridgehead atoms. The Morgan fingerprint density at radius 1 is 1.19 bits per heavy atom. The zero-order valence-corrected chi connectivity index (χ0v) is 17.0. The molecule has 7 heteroatoms. The van der Waals surface area contributed by atoms with Crippen LogP contribution in [0.15, 0.2) is 29.2 Å². The number of ketones is 1. The third-order valence-corrected chi connectivity index (χ3v) is 7.98. The summed E-state index contributed by atoms with van der Waals surface area (Å²) in [6, 6.07) is 5.84. The Hall–Kier alpha value is -1.73. The minimum Gasteiger partial charge on any atom is -0.352 e. The fourth-order valence-corrected chi connectivity index (χ4v) is 5.77. The summed E-state index contributed by atoms with van der Waals surface area (Å²) in [6.07, 6.45) is 5.00. The van der Waals surface area contributed by atoms with Gasteiger partial charge in [-0.3, -0.25) is 9.59 Å². The van der Waals surface area contributed by atoms with E-state index in [2.05, 4.69) is 5.32 Å². The molecule has 1 N–H and O–H groups in total. The number of nitrogens with one attached hydrogen (secondary N) is 1. The van der Waals surface area contributed by atoms with E-state index in [9.17, 15) is 18.0 Å². The van der Waals surface area contributed by atoms with Crippen molar-refractivity contribution >= 4 is 21.7 Å². The fourth-order valence-electron chi connectivity index (χ4n) is 4.64. The number of likely N-dealkylation sites (N-methyl/N-ethyl adjacent to an activating group) is 1. The van der Waals surface area contributed by atoms with E-state index in [1.54, 1.807) is 0 Å². The number of carbonyl (C=O) groups excluding carboxylic acids is 2. The number of hydrogen-bond donors (Lipinski definition) is 1. The molecule has 3 rings (SSSR count). The third-order valence-electron chi connectivity index (χ3n) is 6.16. The lowest BCUT2D eigenvalue weighted by Gasteiger charge is -2.29. The lowest BCUT2D eigenvalue weighted by atomic mass is 9.84. The lowest BCUT2D eigenvalue weighted by Crippen LogP contribution is -2.45. The van der Waals surface area contributed by atoms with Gasteiger partial charge in [0.25, 0.3) is 0 Å². The smallest absolute Gasteiger partial charge is 0.243 e. The number of fused-ring (bicyclic) bond motifs is 2. The molecule has 0 heterocycles. The number of carbonyl (C=O) groups is 2. The number of rotatable bonds is 7. The molecule has 2 saturated carbocycles. The summed E-state index contributed by atoms with van der Waals surface area (Å²) in [7, 11) is -2.38. The van der Waals surface area contributed by atoms with Crippen LogP contribution in [0.3, 0.4) is 0 Å². The number of amides is 1. The maximum Gasteiger partial charge on any atom is 0.243 e. The van der Waals surface area contributed by atoms with Gasteiger partial charge in [-0.15, -0.1) is 0 Å². The fraction of sp³-hybridized carbons (Fsp3) is 0.600. The average molecular weight is 393 g/mol. The Morgan fingerprint density at radius 2 is 1.85 bits per heavy atom. The predicted molar refractivity (Wildman–Crippen MR) is 103 cm³/mol. The van der Waals surface area contributed by atoms with Gasteiger partial charge < -0.3 is 5.32 Å². The van der Waals surface area contributed by atoms with Crippen molar-refractivity contribution in [3.63, 3.8) is 0 Å². The largest absolute Gasteiger partial charge is 0.352 e. The predicted octanol–water partition coefficient (Wildman–Crippen LogP) is 2.45. The standard InChI is InChI=1S/C20H28N2O4S/c1-13(19-11-15-4-5-17(19)10-15)21-20(24)12-22(3)27(25,26)18-8-6-16(7-9-18)14(2)23/h6-9,13,15,17,19H,4-5,10-12H2,1-3H3,(H,21,24)/t13-,15+,17+,19-/m1/s1. The second kappa shape index (κ2) is 7.72. The van der Waals surface area contributed by atoms with Crippen LogP contribution in [-0.4, -0.2) is 44.0 Å². The van der Waals surface area contributed by atoms with Crippen LogP contribution in [0.4, 0.5) is 0 Å². The molecule has 4 atom stereocenters. The highest BCUT2D eigenvalue weighted by Gasteiger charge is 2.42. The number of hydrogen-bond acceptors (Lipinski definition) is 4. The summed E-state index contributed by atoms with van der Waals surface area (Å²) >= 11 is 0. The van der Waals surface area contributed by atoms with Crippen molar-refractivity contribution in [3.8, 4) is 0 Å². The third kappa shape index (κ3) is 4.24. The molecule has 0 saturated heterocycles. The van der Waals surface area contributed by atoms with Gasteiger partial charge in [-0.2, -0.15) is 4.31 Å². The Morgan fingerprint density at radius 3 is 2.37 bits per heavy atom. The van der Waals surface area contributed by atoms with Crippen molar-refractivity contribution in [1.29, 1.82) is 0 Å². The Bertz CT molecular complexity index is 819. The molecule has 2 aliphatic carbocycles. The minimum atomic E-state index is -3.78. The van der Waals surface area contributed by atoms with Crippen molar-refractivity contribution in [2.45, 2.75) is 50.5 Å². The molecule has 2 aliphatic rings. The summed E-state index contributed by atoms with van der Waals surface area (Å²) in [5, 5.41) is 3.00. The highest BCUT2D eigenvalue weighted by molar-refractivity contribution is 7.89. The maximum absolute atomic E-state index is 12.7. The van der Waals surface area contributed by atoms with E-state index in [4.69, 9.17) is 0 Å². The molecule has 6 nitrogen and oxygen atoms in total. The molecular formula is C20H28N2O4S. The van der Waals surface area contributed by atoms with Crippen LogP contribution in [0, 0.1) is 17.8 Å². The molecule has 1 aromatic rings. The molecule has 0 unspecified atom stereocenters. The topological polar surface area (TPSA) is 83.6 Å². The highest BCUT2D eigenvalue weighted by atomic mass is 32.2. The molecule has 0 aliphatic heterocycles. The van der Waals surface area contributed by atoms with Crippen LogP contribution < -0.4 is 5.32 Å². The molecule has 1 amide bonds. The van der Waals surface area contributed by atoms with Crippen LogP contribution in [0.2, 0.25) is 0 Å². The second-order valence-electron chi connectivity index (χ2n) is 8.04. The summed E-state index contributed by atoms with van der Waals surface area (Å²) in [6.45, 7) is 3.23. The van der Waals surface area contributed by atoms with Gasteiger partial charge in [0.1, 0.15) is 0 Å². The number of nitrogens with zero attached hydrogens (tertiary/aromatic N) is 1. The minimum absolute atomic E-state index is 0.0683. The van der Waals surface area contributed by atoms with Crippen molar-refractivity contribution in [3.05, 3.63) is 29.8 Å². The van der Waals surface area contributed by atoms with E-state index < -0.39 is 10.0 Å². The van der Waals surface area contributed by atoms with Crippen LogP contribution in [0.25, 0.3) is 0 Å². The van der Waals surface area contributed by atoms with Gasteiger partial charge in [-0.1, -0.05) is 18.6 Å². The van der Waals surface area contributed by atoms with Crippen LogP contribution in [-0.2, 0) is 14.8 Å². The molecule has 1 aromatic carbocycles. The Balaban J connectivity index is 1.58. The van der Waals surface area contributed by atoms with Gasteiger partial charge in [0.2, 0.25) is 15.9 Å². The summed E-state index contributed by atoms with van der Waals surface area (Å²) in [5.41, 5.74) is 0.453. The molecule has 2 fully saturated rings. The number of benzene rings is 1. The van der Waals surface area contributed by atoms with Crippen molar-refractivity contribution in [2.24, 2.45) is 17.8 Å². The Kier molecular flexibility index (Phi) is 5.72. The van der Waals surface area contributed by atoms with Crippen LogP contribution in [0.5, 0.6) is 0 Å². The monoisotopic (exact) mass is 392 g/mol. The van der Waals surface area contributed by atoms with Crippen LogP contribution >= 0.6 is 0 Å². The molecule has 27 heavy (non-hydrogen) atoms. The quantitative estimate of drug-likeness (QED) is 0.723. The van der Waals surface area contributed by atoms with E-state index in [-0.39, 0.29) is 29.2 Å². The first-order valence-electron chi connectivity index (χ1n) is 9.55. The van der Waals surface area contributed by atoms with E-state index in [1.807, 2.05) is 6.92 Å². The molecule has 148 valence electrons. The second-order valence-corrected chi connectivity index (χ2v) is 10.1. The summed E-state index contributed by atoms with van der Waals surface area (Å²) in [5.74, 6) is 1.61. The lowest BCUT2D eigenvalue weighted by molar-refractivity contribution is -0.122. The molecule has 0 spiro atoms. The van der Waals surface area contributed by atoms with E-state index in [0.29, 0.717) is 17.4 Å². The highest BCUT2D eigenvalue weighted by Crippen LogP contribution is 2.49. The first kappa shape index (κ1) is 20.0. The number of sulfonamides is 1. The Labute approximate surface area is 161 Å². The normalized spacial score (nSPS) is 25.6. The maximum atomic E-state index is 12.7. The molecular weight excluding hydrogens is 364 g/mol. The van der Waals surface area contributed by atoms with Crippen molar-refractivity contribution in [1.82, 2.24) is 9.62 Å². The van der Waals surface area contributed by atoms with Gasteiger partial charge in [-0.25, -0.2) is 8.42 Å². The zero-order chi connectivity index (χ0) is 19.8. The number of Topliss-reactive ketones (excluding diaryl/α,β-unsaturated/α-hetero) is 1. The van der Waals surface area contributed by atoms with Crippen molar-refractivity contribution < 1.29 is 18.0 Å². The average Bonchev–Trinajstić information content (AvgIpc) is 3.24. The SMILES string of the molecule is CC(=O)c1ccc(S(=O)(=O)N(C)CC(=O)N[C@H](C)[C@H]2C[C@H]3CC[C@H]2C3)cc1. The first-order valence-corrected chi connectivity index (χ1v) is 11.0. The van der Waals surface area contributed by atoms with E-state index in [0.717, 1.165) is 10.2 Å². The summed E-state index contributed by atoms with van der Waals surface area (Å²) in [4.78, 5) is 23.8. The van der Waals surface area contributed by atoms with E-state index >= 15 is 0 Å². The van der Waals surface area contributed by atoms with Crippen LogP contribution in [0.1, 0.15) is 49.9 Å².